The van der Waals surface area contributed by atoms with Crippen LogP contribution in [0.2, 0.25) is 0 Å². The monoisotopic (exact) mass is 387 g/mol. The Kier molecular flexibility index (Phi) is 6.20. The van der Waals surface area contributed by atoms with Crippen LogP contribution in [0.15, 0.2) is 60.7 Å². The van der Waals surface area contributed by atoms with E-state index in [-0.39, 0.29) is 24.9 Å². The van der Waals surface area contributed by atoms with Crippen LogP contribution in [0.1, 0.15) is 24.0 Å². The Hall–Kier alpha value is -1.88. The molecule has 0 spiro atoms. The van der Waals surface area contributed by atoms with Crippen LogP contribution < -0.4 is 0 Å². The minimum absolute atomic E-state index is 0. The predicted molar refractivity (Wildman–Crippen MR) is 107 cm³/mol. The van der Waals surface area contributed by atoms with E-state index in [1.165, 1.54) is 0 Å². The molecule has 1 N–H and O–H groups in total. The molecule has 0 amide bonds. The zero-order chi connectivity index (χ0) is 18.0. The number of nitrogens with zero attached hydrogens (tertiary/aromatic N) is 1. The number of hydrogen-bond acceptors (Lipinski definition) is 4. The van der Waals surface area contributed by atoms with Gasteiger partial charge in [-0.1, -0.05) is 60.7 Å². The highest BCUT2D eigenvalue weighted by atomic mass is 35.5. The van der Waals surface area contributed by atoms with Gasteiger partial charge in [-0.3, -0.25) is 4.90 Å². The van der Waals surface area contributed by atoms with Gasteiger partial charge in [-0.2, -0.15) is 0 Å². The summed E-state index contributed by atoms with van der Waals surface area (Å²) in [6.45, 7) is 2.96. The van der Waals surface area contributed by atoms with Crippen molar-refractivity contribution in [3.63, 3.8) is 0 Å². The number of halogens is 1. The number of fused-ring (bicyclic) bond motifs is 3. The van der Waals surface area contributed by atoms with Gasteiger partial charge in [0.2, 0.25) is 0 Å². The normalized spacial score (nSPS) is 25.9. The first-order chi connectivity index (χ1) is 12.6. The minimum Gasteiger partial charge on any atom is -0.458 e. The summed E-state index contributed by atoms with van der Waals surface area (Å²) in [5.41, 5.74) is -0.186. The van der Waals surface area contributed by atoms with Crippen LogP contribution in [-0.2, 0) is 21.6 Å². The number of piperidine rings is 3. The maximum Gasteiger partial charge on any atom is 0.343 e. The Bertz CT molecular complexity index is 747. The van der Waals surface area contributed by atoms with Crippen molar-refractivity contribution in [2.45, 2.75) is 31.0 Å². The van der Waals surface area contributed by atoms with Crippen LogP contribution in [0, 0.1) is 5.92 Å². The average molecular weight is 388 g/mol. The first-order valence-electron chi connectivity index (χ1n) is 9.40. The van der Waals surface area contributed by atoms with E-state index >= 15 is 0 Å². The summed E-state index contributed by atoms with van der Waals surface area (Å²) >= 11 is 0. The van der Waals surface area contributed by atoms with Gasteiger partial charge < -0.3 is 9.84 Å². The van der Waals surface area contributed by atoms with Crippen molar-refractivity contribution in [2.24, 2.45) is 5.92 Å². The zero-order valence-corrected chi connectivity index (χ0v) is 16.1. The lowest BCUT2D eigenvalue weighted by Gasteiger charge is -2.44. The lowest BCUT2D eigenvalue weighted by molar-refractivity contribution is -0.181. The number of ether oxygens (including phenoxy) is 1. The molecule has 4 nitrogen and oxygen atoms in total. The van der Waals surface area contributed by atoms with Crippen molar-refractivity contribution in [2.75, 3.05) is 19.6 Å². The first-order valence-corrected chi connectivity index (χ1v) is 9.40. The van der Waals surface area contributed by atoms with E-state index < -0.39 is 11.6 Å². The van der Waals surface area contributed by atoms with Gasteiger partial charge in [-0.25, -0.2) is 4.79 Å². The molecular weight excluding hydrogens is 362 g/mol. The van der Waals surface area contributed by atoms with Gasteiger partial charge in [0.05, 0.1) is 0 Å². The lowest BCUT2D eigenvalue weighted by atomic mass is 9.84. The molecule has 3 heterocycles. The van der Waals surface area contributed by atoms with Crippen LogP contribution in [0.4, 0.5) is 0 Å². The van der Waals surface area contributed by atoms with Gasteiger partial charge in [-0.15, -0.1) is 12.4 Å². The standard InChI is InChI=1S/C22H25NO3.ClH/c24-21(26-20-16-23-13-11-18(20)12-14-23)22(25,19-9-5-2-6-10-19)15-17-7-3-1-4-8-17;/h1-10,18,20,25H,11-16H2;1H. The number of aliphatic hydroxyl groups is 1. The highest BCUT2D eigenvalue weighted by Crippen LogP contribution is 2.33. The molecule has 0 radical (unpaired) electrons. The van der Waals surface area contributed by atoms with Crippen molar-refractivity contribution in [1.29, 1.82) is 0 Å². The molecule has 2 aromatic carbocycles. The van der Waals surface area contributed by atoms with Crippen LogP contribution in [0.25, 0.3) is 0 Å². The molecule has 2 unspecified atom stereocenters. The highest BCUT2D eigenvalue weighted by molar-refractivity contribution is 5.85. The Labute approximate surface area is 166 Å². The van der Waals surface area contributed by atoms with Crippen LogP contribution in [-0.4, -0.2) is 41.7 Å². The molecule has 3 aliphatic rings. The van der Waals surface area contributed by atoms with Gasteiger partial charge >= 0.3 is 5.97 Å². The van der Waals surface area contributed by atoms with Crippen molar-refractivity contribution < 1.29 is 14.6 Å². The second-order valence-electron chi connectivity index (χ2n) is 7.47. The molecule has 0 aromatic heterocycles. The van der Waals surface area contributed by atoms with Gasteiger partial charge in [0.25, 0.3) is 0 Å². The summed E-state index contributed by atoms with van der Waals surface area (Å²) in [7, 11) is 0. The third-order valence-electron chi connectivity index (χ3n) is 5.75. The average Bonchev–Trinajstić information content (AvgIpc) is 2.70. The molecule has 5 heteroatoms. The van der Waals surface area contributed by atoms with E-state index in [1.807, 2.05) is 48.5 Å². The first kappa shape index (κ1) is 19.9. The fraction of sp³-hybridized carbons (Fsp3) is 0.409. The molecular formula is C22H26ClNO3. The molecule has 0 saturated carbocycles. The maximum atomic E-state index is 13.1. The smallest absolute Gasteiger partial charge is 0.343 e. The summed E-state index contributed by atoms with van der Waals surface area (Å²) in [6, 6.07) is 18.8. The third kappa shape index (κ3) is 4.18. The molecule has 3 aliphatic heterocycles. The Balaban J connectivity index is 0.00000210. The summed E-state index contributed by atoms with van der Waals surface area (Å²) in [4.78, 5) is 15.5. The van der Waals surface area contributed by atoms with Gasteiger partial charge in [0, 0.05) is 13.0 Å². The molecule has 3 fully saturated rings. The number of rotatable bonds is 5. The molecule has 2 aromatic rings. The molecule has 144 valence electrons. The number of benzene rings is 2. The third-order valence-corrected chi connectivity index (χ3v) is 5.75. The van der Waals surface area contributed by atoms with E-state index in [1.54, 1.807) is 12.1 Å². The van der Waals surface area contributed by atoms with Crippen molar-refractivity contribution >= 4 is 18.4 Å². The number of hydrogen-bond donors (Lipinski definition) is 1. The van der Waals surface area contributed by atoms with E-state index in [4.69, 9.17) is 4.74 Å². The fourth-order valence-corrected chi connectivity index (χ4v) is 4.18. The van der Waals surface area contributed by atoms with E-state index in [9.17, 15) is 9.90 Å². The summed E-state index contributed by atoms with van der Waals surface area (Å²) in [5, 5.41) is 11.4. The second kappa shape index (κ2) is 8.42. The summed E-state index contributed by atoms with van der Waals surface area (Å²) in [6.07, 6.45) is 2.23. The van der Waals surface area contributed by atoms with Gasteiger partial charge in [-0.05, 0) is 43.0 Å². The molecule has 0 aliphatic carbocycles. The minimum atomic E-state index is -1.67. The molecule has 27 heavy (non-hydrogen) atoms. The molecule has 2 bridgehead atoms. The zero-order valence-electron chi connectivity index (χ0n) is 15.3. The van der Waals surface area contributed by atoms with E-state index in [0.717, 1.165) is 38.0 Å². The molecule has 2 atom stereocenters. The van der Waals surface area contributed by atoms with E-state index in [2.05, 4.69) is 4.90 Å². The summed E-state index contributed by atoms with van der Waals surface area (Å²) < 4.78 is 5.89. The Morgan fingerprint density at radius 3 is 2.19 bits per heavy atom. The van der Waals surface area contributed by atoms with Gasteiger partial charge in [0.15, 0.2) is 5.60 Å². The van der Waals surface area contributed by atoms with Crippen molar-refractivity contribution in [3.8, 4) is 0 Å². The SMILES string of the molecule is Cl.O=C(OC1CN2CCC1CC2)C(O)(Cc1ccccc1)c1ccccc1. The quantitative estimate of drug-likeness (QED) is 0.800. The van der Waals surface area contributed by atoms with Crippen LogP contribution >= 0.6 is 12.4 Å². The second-order valence-corrected chi connectivity index (χ2v) is 7.47. The fourth-order valence-electron chi connectivity index (χ4n) is 4.18. The van der Waals surface area contributed by atoms with Crippen molar-refractivity contribution in [3.05, 3.63) is 71.8 Å². The Morgan fingerprint density at radius 1 is 1.04 bits per heavy atom. The molecule has 5 rings (SSSR count). The Morgan fingerprint density at radius 2 is 1.63 bits per heavy atom. The summed E-state index contributed by atoms with van der Waals surface area (Å²) in [5.74, 6) is -0.119. The molecule has 3 saturated heterocycles. The van der Waals surface area contributed by atoms with Crippen LogP contribution in [0.3, 0.4) is 0 Å². The number of carbonyl (C=O) groups is 1. The van der Waals surface area contributed by atoms with Crippen molar-refractivity contribution in [1.82, 2.24) is 4.90 Å². The largest absolute Gasteiger partial charge is 0.458 e. The lowest BCUT2D eigenvalue weighted by Crippen LogP contribution is -2.53. The number of esters is 1. The highest BCUT2D eigenvalue weighted by Gasteiger charge is 2.44. The van der Waals surface area contributed by atoms with Gasteiger partial charge in [0.1, 0.15) is 6.10 Å². The number of carbonyl (C=O) groups excluding carboxylic acids is 1. The van der Waals surface area contributed by atoms with Crippen LogP contribution in [0.5, 0.6) is 0 Å². The predicted octanol–water partition coefficient (Wildman–Crippen LogP) is 3.18. The maximum absolute atomic E-state index is 13.1. The van der Waals surface area contributed by atoms with E-state index in [0.29, 0.717) is 11.5 Å². The topological polar surface area (TPSA) is 49.8 Å².